The first-order chi connectivity index (χ1) is 41.9. The molecule has 6 fully saturated rings. The van der Waals surface area contributed by atoms with Crippen molar-refractivity contribution in [3.8, 4) is 24.7 Å². The second kappa shape index (κ2) is 32.6. The van der Waals surface area contributed by atoms with Crippen molar-refractivity contribution in [2.45, 2.75) is 247 Å². The third kappa shape index (κ3) is 19.8. The van der Waals surface area contributed by atoms with Crippen molar-refractivity contribution < 1.29 is 56.7 Å². The molecule has 9 N–H and O–H groups in total. The number of ketones is 1. The number of rotatable bonds is 26. The zero-order chi connectivity index (χ0) is 67.5. The standard InChI is InChI=1S/C34H55N5O5.C33H51N5O7S.2CH4/c1-9-12-16-23(26(40)29(42)35-20-11-3)36-28(41)25-24-22(33(24,7)8)21-39(25)30(43)27(32(4,5)6)37-31(44)38-34(17-10-2)18-14-13-15-19-34;1-9-11-15-22(25(39)28(41)34-18-10-2)35-27(40)24-23-21(32(23,6)7)19-38(24)29(42)26(31(3,4)5)36-30(43)37-33(20-46(8,44)45)16-13-12-14-17-33;;/h1,11,22-27,40H,3,10,12-21H2,2,4-8H3,(H,35,42)(H,36,41)(H2,37,38,44);1,10,21-24,26H,2,11-20H2,3-8H3,(H,34,41)(H,35,40)(H2,36,37,43);2*1H4/t22?,23-,24-,25-,26?,27+;21?,22?,23-,24-,26+;;/m00../s1. The minimum absolute atomic E-state index is 0. The number of urea groups is 2. The van der Waals surface area contributed by atoms with Gasteiger partial charge in [0.2, 0.25) is 29.4 Å². The van der Waals surface area contributed by atoms with Crippen molar-refractivity contribution in [3.05, 3.63) is 25.3 Å². The third-order valence-electron chi connectivity index (χ3n) is 19.8. The zero-order valence-electron chi connectivity index (χ0n) is 55.7. The SMILES string of the molecule is C.C.C#CCCC(NC(=O)[C@@H]1[C@@H]2C(CN1C(=O)[C@@H](NC(=O)NC1(CS(C)(=O)=O)CCCCC1)C(C)(C)C)C2(C)C)C(=O)C(=O)NCC=C.C#CCC[C@H](NC(=O)[C@@H]1[C@@H]2C(CN1C(=O)[C@@H](NC(=O)NC1(CCC)CCCCC1)C(C)(C)C)C2(C)C)C(O)C(=O)NCC=C. The Bertz CT molecular complexity index is 2860. The number of likely N-dealkylation sites (tertiary alicyclic amines) is 2. The fourth-order valence-electron chi connectivity index (χ4n) is 14.7. The van der Waals surface area contributed by atoms with Crippen LogP contribution in [0.3, 0.4) is 0 Å². The number of piperidine rings is 2. The number of hydrogen-bond donors (Lipinski definition) is 9. The highest BCUT2D eigenvalue weighted by atomic mass is 32.2. The molecule has 4 saturated carbocycles. The molecule has 92 heavy (non-hydrogen) atoms. The second-order valence-electron chi connectivity index (χ2n) is 29.6. The van der Waals surface area contributed by atoms with E-state index < -0.39 is 110 Å². The Labute approximate surface area is 550 Å². The first-order valence-corrected chi connectivity index (χ1v) is 34.4. The molecule has 0 aromatic heterocycles. The lowest BCUT2D eigenvalue weighted by Crippen LogP contribution is -2.63. The molecule has 0 spiro atoms. The number of aliphatic hydroxyl groups is 1. The maximum Gasteiger partial charge on any atom is 0.315 e. The topological polar surface area (TPSA) is 311 Å². The molecule has 4 unspecified atom stereocenters. The van der Waals surface area contributed by atoms with Gasteiger partial charge in [0.25, 0.3) is 11.8 Å². The normalized spacial score (nSPS) is 24.2. The average molecular weight is 1310 g/mol. The first kappa shape index (κ1) is 79.8. The number of terminal acetylenes is 2. The summed E-state index contributed by atoms with van der Waals surface area (Å²) in [7, 11) is -3.40. The van der Waals surface area contributed by atoms with Crippen molar-refractivity contribution in [3.63, 3.8) is 0 Å². The van der Waals surface area contributed by atoms with Crippen LogP contribution in [0, 0.1) is 70.0 Å². The molecule has 2 saturated heterocycles. The largest absolute Gasteiger partial charge is 0.381 e. The summed E-state index contributed by atoms with van der Waals surface area (Å²) in [6.07, 6.45) is 24.6. The number of carbonyl (C=O) groups is 9. The van der Waals surface area contributed by atoms with Gasteiger partial charge in [0.15, 0.2) is 6.10 Å². The van der Waals surface area contributed by atoms with E-state index in [9.17, 15) is 56.7 Å². The van der Waals surface area contributed by atoms with Crippen molar-refractivity contribution in [2.24, 2.45) is 45.3 Å². The third-order valence-corrected chi connectivity index (χ3v) is 20.9. The van der Waals surface area contributed by atoms with Crippen LogP contribution in [0.4, 0.5) is 9.59 Å². The predicted octanol–water partition coefficient (Wildman–Crippen LogP) is 6.22. The molecule has 10 amide bonds. The Hall–Kier alpha value is -6.46. The summed E-state index contributed by atoms with van der Waals surface area (Å²) in [5, 5.41) is 33.3. The van der Waals surface area contributed by atoms with Crippen molar-refractivity contribution in [1.82, 2.24) is 52.3 Å². The summed E-state index contributed by atoms with van der Waals surface area (Å²) in [6, 6.07) is -6.78. The van der Waals surface area contributed by atoms with Gasteiger partial charge in [-0.2, -0.15) is 0 Å². The zero-order valence-corrected chi connectivity index (χ0v) is 56.5. The van der Waals surface area contributed by atoms with Crippen LogP contribution in [0.1, 0.15) is 194 Å². The Morgan fingerprint density at radius 1 is 0.641 bits per heavy atom. The van der Waals surface area contributed by atoms with E-state index >= 15 is 0 Å². The van der Waals surface area contributed by atoms with Gasteiger partial charge in [-0.15, -0.1) is 37.8 Å². The molecule has 11 atom stereocenters. The van der Waals surface area contributed by atoms with Gasteiger partial charge in [0, 0.05) is 50.8 Å². The Morgan fingerprint density at radius 3 is 1.47 bits per heavy atom. The molecule has 0 radical (unpaired) electrons. The van der Waals surface area contributed by atoms with Crippen LogP contribution in [-0.4, -0.2) is 168 Å². The van der Waals surface area contributed by atoms with Gasteiger partial charge in [-0.25, -0.2) is 18.0 Å². The smallest absolute Gasteiger partial charge is 0.315 e. The molecule has 4 aliphatic carbocycles. The van der Waals surface area contributed by atoms with Gasteiger partial charge in [0.1, 0.15) is 34.0 Å². The number of fused-ring (bicyclic) bond motifs is 2. The quantitative estimate of drug-likeness (QED) is 0.0265. The van der Waals surface area contributed by atoms with Crippen LogP contribution in [-0.2, 0) is 43.4 Å². The summed E-state index contributed by atoms with van der Waals surface area (Å²) in [5.41, 5.74) is -2.99. The van der Waals surface area contributed by atoms with Gasteiger partial charge in [0.05, 0.1) is 23.4 Å². The van der Waals surface area contributed by atoms with Crippen LogP contribution in [0.25, 0.3) is 0 Å². The minimum atomic E-state index is -3.40. The van der Waals surface area contributed by atoms with E-state index in [0.29, 0.717) is 19.4 Å². The number of hydrogen-bond acceptors (Lipinski definition) is 12. The lowest BCUT2D eigenvalue weighted by Gasteiger charge is -2.41. The molecule has 2 heterocycles. The average Bonchev–Trinajstić information content (AvgIpc) is 1.54. The monoisotopic (exact) mass is 1310 g/mol. The molecule has 0 aromatic carbocycles. The molecule has 0 aromatic rings. The Morgan fingerprint density at radius 2 is 1.05 bits per heavy atom. The van der Waals surface area contributed by atoms with Gasteiger partial charge in [-0.05, 0) is 90.3 Å². The number of aliphatic hydroxyl groups excluding tert-OH is 1. The molecule has 2 aliphatic heterocycles. The summed E-state index contributed by atoms with van der Waals surface area (Å²) in [5.74, 6) is 0.486. The van der Waals surface area contributed by atoms with E-state index in [0.717, 1.165) is 70.5 Å². The first-order valence-electron chi connectivity index (χ1n) is 32.3. The molecule has 23 heteroatoms. The Kier molecular flexibility index (Phi) is 28.3. The number of amides is 10. The van der Waals surface area contributed by atoms with Gasteiger partial charge < -0.3 is 57.4 Å². The highest BCUT2D eigenvalue weighted by molar-refractivity contribution is 7.90. The van der Waals surface area contributed by atoms with Crippen LogP contribution < -0.4 is 42.5 Å². The maximum atomic E-state index is 14.3. The minimum Gasteiger partial charge on any atom is -0.381 e. The number of sulfone groups is 1. The Balaban J connectivity index is 0.000000470. The van der Waals surface area contributed by atoms with Gasteiger partial charge >= 0.3 is 12.1 Å². The fourth-order valence-corrected chi connectivity index (χ4v) is 16.1. The number of nitrogens with one attached hydrogen (secondary N) is 8. The van der Waals surface area contributed by atoms with Crippen molar-refractivity contribution >= 4 is 63.1 Å². The van der Waals surface area contributed by atoms with Gasteiger partial charge in [-0.1, -0.05) is 148 Å². The van der Waals surface area contributed by atoms with Crippen LogP contribution in [0.15, 0.2) is 25.3 Å². The number of Topliss-reactive ketones (excluding diaryl/α,β-unsaturated/α-hetero) is 1. The highest BCUT2D eigenvalue weighted by Gasteiger charge is 2.71. The summed E-state index contributed by atoms with van der Waals surface area (Å²) >= 11 is 0. The molecule has 518 valence electrons. The highest BCUT2D eigenvalue weighted by Crippen LogP contribution is 2.66. The summed E-state index contributed by atoms with van der Waals surface area (Å²) in [4.78, 5) is 124. The van der Waals surface area contributed by atoms with Crippen molar-refractivity contribution in [2.75, 3.05) is 38.2 Å². The van der Waals surface area contributed by atoms with E-state index in [-0.39, 0.29) is 118 Å². The van der Waals surface area contributed by atoms with Crippen molar-refractivity contribution in [1.29, 1.82) is 0 Å². The van der Waals surface area contributed by atoms with E-state index in [4.69, 9.17) is 12.8 Å². The fraction of sp³-hybridized carbons (Fsp3) is 0.754. The molecule has 22 nitrogen and oxygen atoms in total. The van der Waals surface area contributed by atoms with E-state index in [1.807, 2.05) is 34.6 Å². The van der Waals surface area contributed by atoms with Crippen LogP contribution >= 0.6 is 0 Å². The molecule has 6 rings (SSSR count). The molecular formula is C69H114N10O12S. The van der Waals surface area contributed by atoms with Crippen LogP contribution in [0.5, 0.6) is 0 Å². The maximum absolute atomic E-state index is 14.3. The van der Waals surface area contributed by atoms with Crippen LogP contribution in [0.2, 0.25) is 0 Å². The second-order valence-corrected chi connectivity index (χ2v) is 31.7. The number of carbonyl (C=O) groups excluding carboxylic acids is 9. The lowest BCUT2D eigenvalue weighted by atomic mass is 9.78. The van der Waals surface area contributed by atoms with Gasteiger partial charge in [-0.3, -0.25) is 33.6 Å². The summed E-state index contributed by atoms with van der Waals surface area (Å²) in [6.45, 7) is 29.5. The molecule has 0 bridgehead atoms. The summed E-state index contributed by atoms with van der Waals surface area (Å²) < 4.78 is 24.5. The lowest BCUT2D eigenvalue weighted by molar-refractivity contribution is -0.145. The van der Waals surface area contributed by atoms with E-state index in [2.05, 4.69) is 88.3 Å². The molecular weight excluding hydrogens is 1190 g/mol. The van der Waals surface area contributed by atoms with E-state index in [1.54, 1.807) is 25.7 Å². The number of nitrogens with zero attached hydrogens (tertiary/aromatic N) is 2. The molecule has 6 aliphatic rings. The van der Waals surface area contributed by atoms with E-state index in [1.165, 1.54) is 17.1 Å². The predicted molar refractivity (Wildman–Crippen MR) is 359 cm³/mol.